The molecule has 0 radical (unpaired) electrons. The minimum absolute atomic E-state index is 0.165. The fourth-order valence-electron chi connectivity index (χ4n) is 3.99. The summed E-state index contributed by atoms with van der Waals surface area (Å²) in [7, 11) is 0. The number of carboxylic acid groups (broad SMARTS) is 1. The molecule has 3 N–H and O–H groups in total. The van der Waals surface area contributed by atoms with Crippen LogP contribution in [0.1, 0.15) is 6.92 Å². The van der Waals surface area contributed by atoms with Gasteiger partial charge in [-0.1, -0.05) is 23.7 Å². The number of aromatic amines is 1. The van der Waals surface area contributed by atoms with E-state index in [1.165, 1.54) is 24.1 Å². The second-order valence-corrected chi connectivity index (χ2v) is 8.65. The molecule has 0 bridgehead atoms. The lowest BCUT2D eigenvalue weighted by Crippen LogP contribution is -2.42. The molecule has 10 nitrogen and oxygen atoms in total. The molecule has 0 amide bonds. The van der Waals surface area contributed by atoms with Gasteiger partial charge in [-0.15, -0.1) is 0 Å². The van der Waals surface area contributed by atoms with Crippen LogP contribution in [-0.4, -0.2) is 74.6 Å². The number of imidazole rings is 1. The number of carboxylic acids is 1. The van der Waals surface area contributed by atoms with E-state index in [4.69, 9.17) is 21.1 Å². The zero-order valence-electron chi connectivity index (χ0n) is 18.9. The molecule has 2 aliphatic rings. The number of hydrogen-bond donors (Lipinski definition) is 3. The smallest absolute Gasteiger partial charge is 0.326 e. The van der Waals surface area contributed by atoms with E-state index < -0.39 is 18.2 Å². The zero-order chi connectivity index (χ0) is 24.5. The molecule has 2 unspecified atom stereocenters. The van der Waals surface area contributed by atoms with Crippen molar-refractivity contribution < 1.29 is 24.5 Å². The first kappa shape index (κ1) is 23.2. The molecule has 3 aromatic rings. The maximum absolute atomic E-state index is 11.3. The molecule has 35 heavy (non-hydrogen) atoms. The van der Waals surface area contributed by atoms with Crippen molar-refractivity contribution in [3.05, 3.63) is 59.5 Å². The summed E-state index contributed by atoms with van der Waals surface area (Å²) in [5.41, 5.74) is 3.61. The number of rotatable bonds is 6. The van der Waals surface area contributed by atoms with Crippen LogP contribution in [0.2, 0.25) is 5.02 Å². The Morgan fingerprint density at radius 1 is 1.26 bits per heavy atom. The second kappa shape index (κ2) is 9.57. The lowest BCUT2D eigenvalue weighted by Gasteiger charge is -2.30. The normalized spacial score (nSPS) is 19.1. The molecule has 1 saturated heterocycles. The number of nitrogens with one attached hydrogen (secondary N) is 1. The summed E-state index contributed by atoms with van der Waals surface area (Å²) in [6.07, 6.45) is 3.34. The summed E-state index contributed by atoms with van der Waals surface area (Å²) in [5.74, 6) is -0.754. The lowest BCUT2D eigenvalue weighted by atomic mass is 10.1. The van der Waals surface area contributed by atoms with Crippen molar-refractivity contribution in [3.63, 3.8) is 0 Å². The number of ether oxygens (including phenoxy) is 2. The molecule has 0 spiro atoms. The fraction of sp³-hybridized carbons (Fsp3) is 0.292. The number of anilines is 1. The highest BCUT2D eigenvalue weighted by atomic mass is 35.5. The summed E-state index contributed by atoms with van der Waals surface area (Å²) in [6, 6.07) is 9.01. The van der Waals surface area contributed by atoms with Crippen LogP contribution in [0.5, 0.6) is 6.01 Å². The van der Waals surface area contributed by atoms with Gasteiger partial charge in [0.2, 0.25) is 0 Å². The first-order valence-electron chi connectivity index (χ1n) is 11.1. The highest BCUT2D eigenvalue weighted by Crippen LogP contribution is 2.31. The number of morpholine rings is 1. The molecule has 2 aromatic heterocycles. The summed E-state index contributed by atoms with van der Waals surface area (Å²) in [5, 5.41) is 19.8. The Labute approximate surface area is 206 Å². The summed E-state index contributed by atoms with van der Waals surface area (Å²) in [4.78, 5) is 26.9. The number of aliphatic hydroxyl groups is 1. The Morgan fingerprint density at radius 3 is 2.71 bits per heavy atom. The minimum atomic E-state index is -1.07. The SMILES string of the molecule is CC(C(=O)O)N1C=C(Oc2nc3nc(-c4ccc(N5CCOCC5)cc4)c(Cl)cc3[nH]2)C=CC1O. The molecule has 2 atom stereocenters. The Morgan fingerprint density at radius 2 is 2.00 bits per heavy atom. The number of hydrogen-bond acceptors (Lipinski definition) is 8. The maximum Gasteiger partial charge on any atom is 0.326 e. The molecular formula is C24H24ClN5O5. The lowest BCUT2D eigenvalue weighted by molar-refractivity contribution is -0.144. The number of carbonyl (C=O) groups is 1. The fourth-order valence-corrected chi connectivity index (χ4v) is 4.25. The Balaban J connectivity index is 1.37. The molecule has 182 valence electrons. The topological polar surface area (TPSA) is 124 Å². The maximum atomic E-state index is 11.3. The summed E-state index contributed by atoms with van der Waals surface area (Å²) in [6.45, 7) is 4.63. The van der Waals surface area contributed by atoms with Gasteiger partial charge in [0, 0.05) is 30.5 Å². The van der Waals surface area contributed by atoms with Crippen LogP contribution in [0.3, 0.4) is 0 Å². The molecule has 5 rings (SSSR count). The highest BCUT2D eigenvalue weighted by molar-refractivity contribution is 6.33. The van der Waals surface area contributed by atoms with E-state index in [1.54, 1.807) is 12.1 Å². The van der Waals surface area contributed by atoms with Gasteiger partial charge in [0.15, 0.2) is 5.65 Å². The average Bonchev–Trinajstić information content (AvgIpc) is 3.25. The number of nitrogens with zero attached hydrogens (tertiary/aromatic N) is 4. The standard InChI is InChI=1S/C24H24ClN5O5/c1-14(23(32)33)30-13-17(6-7-20(30)31)35-24-26-19-12-18(25)21(27-22(19)28-24)15-2-4-16(5-3-15)29-8-10-34-11-9-29/h2-7,12-14,20,31H,8-11H2,1H3,(H,32,33)(H,26,27,28). The van der Waals surface area contributed by atoms with Crippen molar-refractivity contribution >= 4 is 34.4 Å². The predicted octanol–water partition coefficient (Wildman–Crippen LogP) is 3.00. The third kappa shape index (κ3) is 4.81. The first-order chi connectivity index (χ1) is 16.9. The van der Waals surface area contributed by atoms with Gasteiger partial charge in [-0.3, -0.25) is 0 Å². The molecular weight excluding hydrogens is 474 g/mol. The number of benzene rings is 1. The zero-order valence-corrected chi connectivity index (χ0v) is 19.6. The van der Waals surface area contributed by atoms with Crippen molar-refractivity contribution in [1.82, 2.24) is 19.9 Å². The van der Waals surface area contributed by atoms with Crippen LogP contribution in [0.25, 0.3) is 22.4 Å². The van der Waals surface area contributed by atoms with Crippen LogP contribution in [-0.2, 0) is 9.53 Å². The Bertz CT molecular complexity index is 1300. The van der Waals surface area contributed by atoms with E-state index in [0.29, 0.717) is 27.6 Å². The van der Waals surface area contributed by atoms with Crippen molar-refractivity contribution in [2.24, 2.45) is 0 Å². The van der Waals surface area contributed by atoms with Gasteiger partial charge in [0.25, 0.3) is 0 Å². The van der Waals surface area contributed by atoms with E-state index in [-0.39, 0.29) is 6.01 Å². The molecule has 1 fully saturated rings. The summed E-state index contributed by atoms with van der Waals surface area (Å²) < 4.78 is 11.2. The average molecular weight is 498 g/mol. The number of aliphatic carboxylic acids is 1. The molecule has 11 heteroatoms. The van der Waals surface area contributed by atoms with Gasteiger partial charge < -0.3 is 34.5 Å². The van der Waals surface area contributed by atoms with Gasteiger partial charge in [-0.05, 0) is 37.3 Å². The van der Waals surface area contributed by atoms with E-state index in [0.717, 1.165) is 37.6 Å². The molecule has 4 heterocycles. The molecule has 0 saturated carbocycles. The number of halogens is 1. The van der Waals surface area contributed by atoms with Crippen LogP contribution >= 0.6 is 11.6 Å². The highest BCUT2D eigenvalue weighted by Gasteiger charge is 2.26. The Hall–Kier alpha value is -3.60. The largest absolute Gasteiger partial charge is 0.480 e. The number of aliphatic hydroxyl groups excluding tert-OH is 1. The second-order valence-electron chi connectivity index (χ2n) is 8.25. The number of H-pyrrole nitrogens is 1. The van der Waals surface area contributed by atoms with Crippen LogP contribution in [0, 0.1) is 0 Å². The van der Waals surface area contributed by atoms with Gasteiger partial charge >= 0.3 is 12.0 Å². The van der Waals surface area contributed by atoms with Crippen LogP contribution < -0.4 is 9.64 Å². The van der Waals surface area contributed by atoms with Crippen molar-refractivity contribution in [2.45, 2.75) is 19.2 Å². The summed E-state index contributed by atoms with van der Waals surface area (Å²) >= 11 is 6.54. The van der Waals surface area contributed by atoms with Crippen LogP contribution in [0.4, 0.5) is 5.69 Å². The van der Waals surface area contributed by atoms with E-state index in [2.05, 4.69) is 19.9 Å². The van der Waals surface area contributed by atoms with E-state index in [1.807, 2.05) is 24.3 Å². The Kier molecular flexibility index (Phi) is 6.33. The number of pyridine rings is 1. The predicted molar refractivity (Wildman–Crippen MR) is 130 cm³/mol. The third-order valence-electron chi connectivity index (χ3n) is 5.96. The van der Waals surface area contributed by atoms with Gasteiger partial charge in [-0.2, -0.15) is 4.98 Å². The first-order valence-corrected chi connectivity index (χ1v) is 11.5. The number of allylic oxidation sites excluding steroid dienone is 1. The van der Waals surface area contributed by atoms with Gasteiger partial charge in [0.05, 0.1) is 29.4 Å². The van der Waals surface area contributed by atoms with Crippen molar-refractivity contribution in [3.8, 4) is 17.3 Å². The van der Waals surface area contributed by atoms with E-state index >= 15 is 0 Å². The van der Waals surface area contributed by atoms with Crippen LogP contribution in [0.15, 0.2) is 54.4 Å². The molecule has 2 aliphatic heterocycles. The van der Waals surface area contributed by atoms with Gasteiger partial charge in [0.1, 0.15) is 18.0 Å². The quantitative estimate of drug-likeness (QED) is 0.471. The number of fused-ring (bicyclic) bond motifs is 1. The van der Waals surface area contributed by atoms with Crippen molar-refractivity contribution in [2.75, 3.05) is 31.2 Å². The van der Waals surface area contributed by atoms with Crippen molar-refractivity contribution in [1.29, 1.82) is 0 Å². The monoisotopic (exact) mass is 497 g/mol. The molecule has 0 aliphatic carbocycles. The van der Waals surface area contributed by atoms with Gasteiger partial charge in [-0.25, -0.2) is 9.78 Å². The molecule has 1 aromatic carbocycles. The minimum Gasteiger partial charge on any atom is -0.480 e. The third-order valence-corrected chi connectivity index (χ3v) is 6.24. The van der Waals surface area contributed by atoms with E-state index in [9.17, 15) is 15.0 Å². The number of aromatic nitrogens is 3.